The van der Waals surface area contributed by atoms with Crippen LogP contribution < -0.4 is 18.9 Å². The summed E-state index contributed by atoms with van der Waals surface area (Å²) in [5.74, 6) is 3.57. The average Bonchev–Trinajstić information content (AvgIpc) is 3.72. The summed E-state index contributed by atoms with van der Waals surface area (Å²) in [4.78, 5) is 23.8. The van der Waals surface area contributed by atoms with Gasteiger partial charge in [0, 0.05) is 84.5 Å². The van der Waals surface area contributed by atoms with E-state index in [0.29, 0.717) is 10.3 Å². The van der Waals surface area contributed by atoms with Crippen molar-refractivity contribution < 1.29 is 27.4 Å². The standard InChI is InChI=1S/2C17H19N3O3S.Ca/c2*1-10-8-18-15(11(2)16(10)23-4)9-24(21)17-19-13-6-5-12(22-3)7-14(13)20-17;/h2*5-8H,9H2,1-4H3,(H,19,20);/t2*24-;/m00./s1. The maximum Gasteiger partial charge on any atom is 0.197 e. The molecule has 0 aliphatic carbocycles. The molecule has 2 aromatic carbocycles. The Hall–Kier alpha value is -3.56. The molecule has 2 atom stereocenters. The molecular formula is C34H38CaN6O6S2. The van der Waals surface area contributed by atoms with Gasteiger partial charge in [-0.25, -0.2) is 9.97 Å². The van der Waals surface area contributed by atoms with Crippen LogP contribution in [0, 0.1) is 27.7 Å². The zero-order valence-electron chi connectivity index (χ0n) is 28.8. The fraction of sp³-hybridized carbons (Fsp3) is 0.294. The Morgan fingerprint density at radius 2 is 1.00 bits per heavy atom. The number of rotatable bonds is 10. The fourth-order valence-corrected chi connectivity index (χ4v) is 7.42. The van der Waals surface area contributed by atoms with E-state index in [4.69, 9.17) is 18.9 Å². The van der Waals surface area contributed by atoms with E-state index in [9.17, 15) is 8.42 Å². The summed E-state index contributed by atoms with van der Waals surface area (Å²) in [5, 5.41) is 0.859. The molecule has 2 N–H and O–H groups in total. The van der Waals surface area contributed by atoms with Gasteiger partial charge >= 0.3 is 0 Å². The molecule has 0 spiro atoms. The Kier molecular flexibility index (Phi) is 13.2. The third-order valence-electron chi connectivity index (χ3n) is 7.80. The number of aromatic nitrogens is 6. The molecule has 0 unspecified atom stereocenters. The second kappa shape index (κ2) is 16.9. The molecule has 0 fully saturated rings. The summed E-state index contributed by atoms with van der Waals surface area (Å²) in [6.07, 6.45) is 3.48. The number of H-pyrrole nitrogens is 2. The fourth-order valence-electron chi connectivity index (χ4n) is 5.22. The van der Waals surface area contributed by atoms with Gasteiger partial charge in [-0.15, -0.1) is 0 Å². The van der Waals surface area contributed by atoms with E-state index in [0.717, 1.165) is 78.7 Å². The number of aryl methyl sites for hydroxylation is 2. The molecule has 6 aromatic rings. The topological polar surface area (TPSA) is 154 Å². The molecule has 0 saturated carbocycles. The molecule has 12 nitrogen and oxygen atoms in total. The molecule has 254 valence electrons. The van der Waals surface area contributed by atoms with Crippen LogP contribution in [0.2, 0.25) is 0 Å². The molecule has 6 rings (SSSR count). The second-order valence-electron chi connectivity index (χ2n) is 10.9. The minimum atomic E-state index is -1.33. The first-order valence-electron chi connectivity index (χ1n) is 14.9. The Balaban J connectivity index is 0.000000216. The number of methoxy groups -OCH3 is 4. The minimum absolute atomic E-state index is 0. The van der Waals surface area contributed by atoms with Gasteiger partial charge in [-0.1, -0.05) is 0 Å². The van der Waals surface area contributed by atoms with Crippen molar-refractivity contribution in [3.63, 3.8) is 0 Å². The molecular weight excluding hydrogens is 693 g/mol. The van der Waals surface area contributed by atoms with Crippen LogP contribution in [0.1, 0.15) is 33.6 Å². The molecule has 4 heterocycles. The largest absolute Gasteiger partial charge is 0.497 e. The number of imidazole rings is 2. The molecule has 0 aliphatic heterocycles. The molecule has 2 radical (unpaired) electrons. The van der Waals surface area contributed by atoms with Gasteiger partial charge in [0.2, 0.25) is 0 Å². The summed E-state index contributed by atoms with van der Waals surface area (Å²) in [7, 11) is 3.81. The van der Waals surface area contributed by atoms with E-state index in [2.05, 4.69) is 29.9 Å². The molecule has 0 bridgehead atoms. The molecule has 4 aromatic heterocycles. The minimum Gasteiger partial charge on any atom is -0.497 e. The van der Waals surface area contributed by atoms with E-state index < -0.39 is 21.6 Å². The first-order chi connectivity index (χ1) is 23.1. The zero-order valence-corrected chi connectivity index (χ0v) is 32.6. The van der Waals surface area contributed by atoms with Crippen molar-refractivity contribution in [3.8, 4) is 23.0 Å². The van der Waals surface area contributed by atoms with Crippen LogP contribution in [0.3, 0.4) is 0 Å². The quantitative estimate of drug-likeness (QED) is 0.175. The summed E-state index contributed by atoms with van der Waals surface area (Å²) < 4.78 is 46.5. The van der Waals surface area contributed by atoms with Crippen molar-refractivity contribution in [2.24, 2.45) is 0 Å². The normalized spacial score (nSPS) is 12.1. The van der Waals surface area contributed by atoms with Crippen molar-refractivity contribution in [1.29, 1.82) is 0 Å². The van der Waals surface area contributed by atoms with Crippen LogP contribution in [-0.4, -0.2) is 104 Å². The first-order valence-corrected chi connectivity index (χ1v) is 17.5. The number of benzene rings is 2. The van der Waals surface area contributed by atoms with Gasteiger partial charge in [0.15, 0.2) is 10.3 Å². The van der Waals surface area contributed by atoms with E-state index in [-0.39, 0.29) is 49.2 Å². The van der Waals surface area contributed by atoms with Crippen LogP contribution in [0.4, 0.5) is 0 Å². The third-order valence-corrected chi connectivity index (χ3v) is 10.1. The number of hydrogen-bond acceptors (Lipinski definition) is 10. The van der Waals surface area contributed by atoms with Crippen molar-refractivity contribution in [1.82, 2.24) is 29.9 Å². The number of nitrogens with one attached hydrogen (secondary N) is 2. The predicted octanol–water partition coefficient (Wildman–Crippen LogP) is 5.42. The SMILES string of the molecule is COc1ccc2nc([S@@](=O)Cc3ncc(C)c(OC)c3C)[nH]c2c1.COc1ccc2nc([S@@](=O)Cc3ncc(C)c(OC)c3C)[nH]c2c1.[Ca]. The molecule has 0 saturated heterocycles. The zero-order chi connectivity index (χ0) is 34.5. The van der Waals surface area contributed by atoms with E-state index in [1.807, 2.05) is 64.1 Å². The molecule has 0 amide bonds. The summed E-state index contributed by atoms with van der Waals surface area (Å²) in [5.41, 5.74) is 8.32. The van der Waals surface area contributed by atoms with Crippen molar-refractivity contribution in [3.05, 3.63) is 82.4 Å². The maximum absolute atomic E-state index is 12.7. The van der Waals surface area contributed by atoms with Gasteiger partial charge in [-0.2, -0.15) is 0 Å². The van der Waals surface area contributed by atoms with Crippen LogP contribution in [-0.2, 0) is 33.1 Å². The van der Waals surface area contributed by atoms with Gasteiger partial charge in [0.05, 0.1) is 95.0 Å². The Morgan fingerprint density at radius 1 is 0.612 bits per heavy atom. The van der Waals surface area contributed by atoms with Crippen LogP contribution >= 0.6 is 0 Å². The Bertz CT molecular complexity index is 2000. The number of aromatic amines is 2. The van der Waals surface area contributed by atoms with E-state index in [1.54, 1.807) is 40.8 Å². The molecule has 15 heteroatoms. The van der Waals surface area contributed by atoms with Crippen LogP contribution in [0.15, 0.2) is 59.1 Å². The van der Waals surface area contributed by atoms with Gasteiger partial charge < -0.3 is 28.9 Å². The molecule has 0 aliphatic rings. The Morgan fingerprint density at radius 3 is 1.35 bits per heavy atom. The van der Waals surface area contributed by atoms with Crippen molar-refractivity contribution in [2.75, 3.05) is 28.4 Å². The monoisotopic (exact) mass is 730 g/mol. The average molecular weight is 731 g/mol. The van der Waals surface area contributed by atoms with Crippen LogP contribution in [0.25, 0.3) is 22.1 Å². The van der Waals surface area contributed by atoms with Crippen LogP contribution in [0.5, 0.6) is 23.0 Å². The van der Waals surface area contributed by atoms with Gasteiger partial charge in [0.1, 0.15) is 23.0 Å². The van der Waals surface area contributed by atoms with Crippen molar-refractivity contribution >= 4 is 81.4 Å². The number of pyridine rings is 2. The summed E-state index contributed by atoms with van der Waals surface area (Å²) >= 11 is 0. The summed E-state index contributed by atoms with van der Waals surface area (Å²) in [6.45, 7) is 7.72. The number of ether oxygens (including phenoxy) is 4. The van der Waals surface area contributed by atoms with E-state index >= 15 is 0 Å². The second-order valence-corrected chi connectivity index (χ2v) is 13.7. The van der Waals surface area contributed by atoms with Gasteiger partial charge in [-0.3, -0.25) is 18.4 Å². The smallest absolute Gasteiger partial charge is 0.197 e. The number of hydrogen-bond donors (Lipinski definition) is 2. The predicted molar refractivity (Wildman–Crippen MR) is 192 cm³/mol. The number of fused-ring (bicyclic) bond motifs is 2. The Labute approximate surface area is 319 Å². The summed E-state index contributed by atoms with van der Waals surface area (Å²) in [6, 6.07) is 11.0. The first kappa shape index (κ1) is 38.2. The van der Waals surface area contributed by atoms with Gasteiger partial charge in [0.25, 0.3) is 0 Å². The van der Waals surface area contributed by atoms with Gasteiger partial charge in [-0.05, 0) is 52.0 Å². The third kappa shape index (κ3) is 8.61. The van der Waals surface area contributed by atoms with Crippen molar-refractivity contribution in [2.45, 2.75) is 49.5 Å². The molecule has 49 heavy (non-hydrogen) atoms. The van der Waals surface area contributed by atoms with E-state index in [1.165, 1.54) is 0 Å². The maximum atomic E-state index is 12.7. The number of nitrogens with zero attached hydrogens (tertiary/aromatic N) is 4.